The van der Waals surface area contributed by atoms with Crippen LogP contribution in [0.4, 0.5) is 0 Å². The fraction of sp³-hybridized carbons (Fsp3) is 0.292. The zero-order chi connectivity index (χ0) is 20.1. The first kappa shape index (κ1) is 19.3. The number of amides is 1. The van der Waals surface area contributed by atoms with Crippen LogP contribution in [0.2, 0.25) is 0 Å². The number of rotatable bonds is 7. The molecule has 1 N–H and O–H groups in total. The number of methoxy groups -OCH3 is 1. The van der Waals surface area contributed by atoms with Gasteiger partial charge in [0.15, 0.2) is 0 Å². The Bertz CT molecular complexity index is 969. The predicted molar refractivity (Wildman–Crippen MR) is 115 cm³/mol. The van der Waals surface area contributed by atoms with Crippen LogP contribution in [-0.4, -0.2) is 37.6 Å². The van der Waals surface area contributed by atoms with Gasteiger partial charge in [0.1, 0.15) is 17.1 Å². The van der Waals surface area contributed by atoms with Gasteiger partial charge in [-0.25, -0.2) is 0 Å². The van der Waals surface area contributed by atoms with Crippen molar-refractivity contribution in [3.05, 3.63) is 72.0 Å². The highest BCUT2D eigenvalue weighted by Gasteiger charge is 2.26. The van der Waals surface area contributed by atoms with Crippen LogP contribution in [0.15, 0.2) is 65.1 Å². The van der Waals surface area contributed by atoms with E-state index >= 15 is 0 Å². The fourth-order valence-electron chi connectivity index (χ4n) is 3.93. The van der Waals surface area contributed by atoms with Gasteiger partial charge >= 0.3 is 0 Å². The SMILES string of the molecule is COc1ccccc1C(CNC(=O)/C=C/c1cc2ccccc2o1)N1CCCC1. The van der Waals surface area contributed by atoms with Crippen LogP contribution >= 0.6 is 0 Å². The molecular formula is C24H26N2O3. The molecular weight excluding hydrogens is 364 g/mol. The van der Waals surface area contributed by atoms with E-state index in [0.29, 0.717) is 12.3 Å². The summed E-state index contributed by atoms with van der Waals surface area (Å²) in [6.07, 6.45) is 5.61. The average Bonchev–Trinajstić information content (AvgIpc) is 3.42. The van der Waals surface area contributed by atoms with Crippen LogP contribution in [0, 0.1) is 0 Å². The van der Waals surface area contributed by atoms with E-state index in [1.807, 2.05) is 48.5 Å². The summed E-state index contributed by atoms with van der Waals surface area (Å²) in [5.74, 6) is 1.39. The molecule has 0 bridgehead atoms. The molecule has 1 amide bonds. The summed E-state index contributed by atoms with van der Waals surface area (Å²) < 4.78 is 11.3. The minimum atomic E-state index is -0.135. The van der Waals surface area contributed by atoms with Crippen LogP contribution in [0.1, 0.15) is 30.2 Å². The molecule has 0 spiro atoms. The third kappa shape index (κ3) is 4.51. The van der Waals surface area contributed by atoms with E-state index in [4.69, 9.17) is 9.15 Å². The summed E-state index contributed by atoms with van der Waals surface area (Å²) in [4.78, 5) is 14.9. The predicted octanol–water partition coefficient (Wildman–Crippen LogP) is 4.41. The molecule has 0 saturated carbocycles. The fourth-order valence-corrected chi connectivity index (χ4v) is 3.93. The zero-order valence-electron chi connectivity index (χ0n) is 16.6. The lowest BCUT2D eigenvalue weighted by Crippen LogP contribution is -2.36. The maximum atomic E-state index is 12.4. The second-order valence-electron chi connectivity index (χ2n) is 7.27. The van der Waals surface area contributed by atoms with Crippen molar-refractivity contribution in [1.29, 1.82) is 0 Å². The lowest BCUT2D eigenvalue weighted by molar-refractivity contribution is -0.116. The minimum absolute atomic E-state index is 0.0946. The molecule has 2 aromatic carbocycles. The third-order valence-corrected chi connectivity index (χ3v) is 5.39. The Kier molecular flexibility index (Phi) is 5.96. The number of para-hydroxylation sites is 2. The van der Waals surface area contributed by atoms with Crippen molar-refractivity contribution in [2.45, 2.75) is 18.9 Å². The second kappa shape index (κ2) is 8.97. The van der Waals surface area contributed by atoms with Gasteiger partial charge in [0.05, 0.1) is 13.2 Å². The molecule has 0 radical (unpaired) electrons. The number of carbonyl (C=O) groups excluding carboxylic acids is 1. The molecule has 1 aliphatic rings. The Morgan fingerprint density at radius 1 is 1.17 bits per heavy atom. The van der Waals surface area contributed by atoms with E-state index in [9.17, 15) is 4.79 Å². The maximum absolute atomic E-state index is 12.4. The highest BCUT2D eigenvalue weighted by Crippen LogP contribution is 2.31. The average molecular weight is 390 g/mol. The molecule has 5 nitrogen and oxygen atoms in total. The van der Waals surface area contributed by atoms with E-state index in [1.165, 1.54) is 18.9 Å². The summed E-state index contributed by atoms with van der Waals surface area (Å²) in [5, 5.41) is 4.07. The molecule has 1 aromatic heterocycles. The number of hydrogen-bond donors (Lipinski definition) is 1. The van der Waals surface area contributed by atoms with E-state index in [2.05, 4.69) is 16.3 Å². The third-order valence-electron chi connectivity index (χ3n) is 5.39. The number of hydrogen-bond acceptors (Lipinski definition) is 4. The summed E-state index contributed by atoms with van der Waals surface area (Å²) in [6.45, 7) is 2.60. The number of fused-ring (bicyclic) bond motifs is 1. The van der Waals surface area contributed by atoms with Crippen LogP contribution in [0.5, 0.6) is 5.75 Å². The number of furan rings is 1. The summed E-state index contributed by atoms with van der Waals surface area (Å²) in [6, 6.07) is 17.9. The molecule has 4 rings (SSSR count). The van der Waals surface area contributed by atoms with Crippen molar-refractivity contribution < 1.29 is 13.9 Å². The van der Waals surface area contributed by atoms with Crippen molar-refractivity contribution in [1.82, 2.24) is 10.2 Å². The topological polar surface area (TPSA) is 54.7 Å². The first-order chi connectivity index (χ1) is 14.2. The molecule has 1 aliphatic heterocycles. The number of carbonyl (C=O) groups is 1. The Hall–Kier alpha value is -3.05. The number of likely N-dealkylation sites (tertiary alicyclic amines) is 1. The van der Waals surface area contributed by atoms with Gasteiger partial charge in [-0.15, -0.1) is 0 Å². The van der Waals surface area contributed by atoms with Crippen molar-refractivity contribution in [2.24, 2.45) is 0 Å². The summed E-state index contributed by atoms with van der Waals surface area (Å²) in [7, 11) is 1.69. The second-order valence-corrected chi connectivity index (χ2v) is 7.27. The standard InChI is InChI=1S/C24H26N2O3/c1-28-23-11-5-3-9-20(23)21(26-14-6-7-15-26)17-25-24(27)13-12-19-16-18-8-2-4-10-22(18)29-19/h2-5,8-13,16,21H,6-7,14-15,17H2,1H3,(H,25,27)/b13-12+. The van der Waals surface area contributed by atoms with E-state index in [-0.39, 0.29) is 11.9 Å². The Morgan fingerprint density at radius 3 is 2.72 bits per heavy atom. The monoisotopic (exact) mass is 390 g/mol. The maximum Gasteiger partial charge on any atom is 0.244 e. The smallest absolute Gasteiger partial charge is 0.244 e. The van der Waals surface area contributed by atoms with Crippen LogP contribution in [-0.2, 0) is 4.79 Å². The normalized spacial score (nSPS) is 15.8. The van der Waals surface area contributed by atoms with Crippen LogP contribution < -0.4 is 10.1 Å². The highest BCUT2D eigenvalue weighted by atomic mass is 16.5. The van der Waals surface area contributed by atoms with Crippen LogP contribution in [0.25, 0.3) is 17.0 Å². The van der Waals surface area contributed by atoms with Crippen molar-refractivity contribution in [3.63, 3.8) is 0 Å². The van der Waals surface area contributed by atoms with Gasteiger partial charge in [-0.1, -0.05) is 36.4 Å². The molecule has 1 atom stereocenters. The minimum Gasteiger partial charge on any atom is -0.496 e. The molecule has 5 heteroatoms. The Balaban J connectivity index is 1.44. The molecule has 0 aliphatic carbocycles. The van der Waals surface area contributed by atoms with E-state index < -0.39 is 0 Å². The summed E-state index contributed by atoms with van der Waals surface area (Å²) in [5.41, 5.74) is 1.93. The van der Waals surface area contributed by atoms with Gasteiger partial charge in [-0.05, 0) is 50.2 Å². The van der Waals surface area contributed by atoms with Gasteiger partial charge in [0.2, 0.25) is 5.91 Å². The number of nitrogens with one attached hydrogen (secondary N) is 1. The quantitative estimate of drug-likeness (QED) is 0.607. The van der Waals surface area contributed by atoms with E-state index in [1.54, 1.807) is 13.2 Å². The molecule has 29 heavy (non-hydrogen) atoms. The number of ether oxygens (including phenoxy) is 1. The van der Waals surface area contributed by atoms with Crippen molar-refractivity contribution in [2.75, 3.05) is 26.7 Å². The van der Waals surface area contributed by atoms with Crippen LogP contribution in [0.3, 0.4) is 0 Å². The zero-order valence-corrected chi connectivity index (χ0v) is 16.6. The number of nitrogens with zero attached hydrogens (tertiary/aromatic N) is 1. The molecule has 1 unspecified atom stereocenters. The largest absolute Gasteiger partial charge is 0.496 e. The molecule has 150 valence electrons. The summed E-state index contributed by atoms with van der Waals surface area (Å²) >= 11 is 0. The molecule has 1 fully saturated rings. The Morgan fingerprint density at radius 2 is 1.93 bits per heavy atom. The molecule has 1 saturated heterocycles. The lowest BCUT2D eigenvalue weighted by Gasteiger charge is -2.29. The lowest BCUT2D eigenvalue weighted by atomic mass is 10.0. The van der Waals surface area contributed by atoms with Crippen molar-refractivity contribution >= 4 is 23.0 Å². The Labute approximate surface area is 171 Å². The first-order valence-electron chi connectivity index (χ1n) is 10.1. The molecule has 2 heterocycles. The van der Waals surface area contributed by atoms with E-state index in [0.717, 1.165) is 35.4 Å². The van der Waals surface area contributed by atoms with Gasteiger partial charge in [-0.2, -0.15) is 0 Å². The van der Waals surface area contributed by atoms with Gasteiger partial charge in [-0.3, -0.25) is 9.69 Å². The van der Waals surface area contributed by atoms with Gasteiger partial charge in [0.25, 0.3) is 0 Å². The van der Waals surface area contributed by atoms with Crippen molar-refractivity contribution in [3.8, 4) is 5.75 Å². The first-order valence-corrected chi connectivity index (χ1v) is 10.1. The molecule has 3 aromatic rings. The number of benzene rings is 2. The van der Waals surface area contributed by atoms with Gasteiger partial charge < -0.3 is 14.5 Å². The highest BCUT2D eigenvalue weighted by molar-refractivity contribution is 5.92. The van der Waals surface area contributed by atoms with Gasteiger partial charge in [0, 0.05) is 23.6 Å².